The van der Waals surface area contributed by atoms with Crippen LogP contribution in [0.3, 0.4) is 0 Å². The maximum absolute atomic E-state index is 15.0. The Hall–Kier alpha value is -4.02. The molecule has 1 aromatic carbocycles. The molecule has 3 aliphatic carbocycles. The number of carbonyl (C=O) groups is 4. The minimum absolute atomic E-state index is 0.0144. The molecule has 4 heterocycles. The number of carbonyl (C=O) groups excluding carboxylic acids is 4. The van der Waals surface area contributed by atoms with Crippen molar-refractivity contribution in [3.8, 4) is 0 Å². The number of rotatable bonds is 26. The number of alkyl halides is 3. The number of benzene rings is 1. The quantitative estimate of drug-likeness (QED) is 0.0877. The van der Waals surface area contributed by atoms with Crippen LogP contribution in [0.1, 0.15) is 259 Å². The summed E-state index contributed by atoms with van der Waals surface area (Å²) in [7, 11) is 1.77. The lowest BCUT2D eigenvalue weighted by Crippen LogP contribution is -2.64. The van der Waals surface area contributed by atoms with E-state index < -0.39 is 18.6 Å². The van der Waals surface area contributed by atoms with Crippen molar-refractivity contribution in [2.24, 2.45) is 52.8 Å². The van der Waals surface area contributed by atoms with Crippen molar-refractivity contribution in [3.63, 3.8) is 0 Å². The summed E-state index contributed by atoms with van der Waals surface area (Å²) in [5, 5.41) is 5.27. The average Bonchev–Trinajstić information content (AvgIpc) is 0.847. The smallest absolute Gasteiger partial charge is 0.375 e. The standard InChI is InChI=1S/C56H90N6O4.C11H20O.C5H8O.C3H5F3/c1-12-39(5)34-56(15-4)38-61(31-32-66-56)52(43-21-16-17-22-43)53(63)59-49(54(64)62-29-19-18-28-58-62)37-60-30-26-45(36-60)44-25-24-41(7)47(33-44)48(35-55(9,10)14-3)50(40(6)13-2)46-23-20-27-57-51(46)42(8)65-11;1-7(2)11(10-5-6-10)8(3)9(4)12;6-4-5-2-1-3-5;1-2-3(4,5)6/h20,23-25,27,33,39-40,42-43,45,49,52,58H,12-19,21-22,26,28-32,34-38H2,1-11H3,(H,59,63);7-8,10-11H,5-6H2,1-4H3;4-5H,1-3H2;2H2,1H3/b50-48+;;;/t39?,40-,42?,45?,49?,52?,56?;;;/m1.../s1. The van der Waals surface area contributed by atoms with E-state index in [1.165, 1.54) is 52.7 Å². The molecule has 6 aliphatic rings. The summed E-state index contributed by atoms with van der Waals surface area (Å²) in [5.41, 5.74) is 12.2. The number of hydrazine groups is 1. The first-order valence-electron chi connectivity index (χ1n) is 35.5. The van der Waals surface area contributed by atoms with Gasteiger partial charge in [0, 0.05) is 76.4 Å². The van der Waals surface area contributed by atoms with E-state index in [1.807, 2.05) is 6.20 Å². The van der Waals surface area contributed by atoms with Crippen LogP contribution in [0.5, 0.6) is 0 Å². The number of hydrogen-bond acceptors (Lipinski definition) is 10. The number of amides is 2. The third-order valence-electron chi connectivity index (χ3n) is 21.4. The van der Waals surface area contributed by atoms with Crippen molar-refractivity contribution < 1.29 is 41.8 Å². The molecule has 12 nitrogen and oxygen atoms in total. The minimum Gasteiger partial charge on any atom is -0.375 e. The highest BCUT2D eigenvalue weighted by atomic mass is 19.4. The molecule has 9 atom stereocenters. The van der Waals surface area contributed by atoms with Crippen molar-refractivity contribution in [3.05, 3.63) is 64.5 Å². The fraction of sp³-hybridized carbons (Fsp3) is 0.773. The molecule has 2 amide bonds. The summed E-state index contributed by atoms with van der Waals surface area (Å²) in [5.74, 6) is 4.70. The van der Waals surface area contributed by atoms with Crippen molar-refractivity contribution >= 4 is 35.0 Å². The zero-order valence-corrected chi connectivity index (χ0v) is 58.9. The predicted molar refractivity (Wildman–Crippen MR) is 361 cm³/mol. The van der Waals surface area contributed by atoms with E-state index in [4.69, 9.17) is 14.5 Å². The van der Waals surface area contributed by atoms with Crippen LogP contribution in [0.25, 0.3) is 11.1 Å². The van der Waals surface area contributed by atoms with Gasteiger partial charge in [-0.2, -0.15) is 13.2 Å². The lowest BCUT2D eigenvalue weighted by atomic mass is 9.74. The highest BCUT2D eigenvalue weighted by molar-refractivity contribution is 5.94. The molecule has 0 radical (unpaired) electrons. The normalized spacial score (nSPS) is 23.0. The van der Waals surface area contributed by atoms with Gasteiger partial charge in [0.05, 0.1) is 30.0 Å². The van der Waals surface area contributed by atoms with Crippen LogP contribution < -0.4 is 10.7 Å². The van der Waals surface area contributed by atoms with E-state index in [-0.39, 0.29) is 46.8 Å². The average molecular weight is 1260 g/mol. The Kier molecular flexibility index (Phi) is 31.2. The molecule has 510 valence electrons. The SMILES string of the molecule is CC(=O)C(C)C(C(C)C)C1CC1.CCC(C)CC1(CC)CN(C(C(=O)NC(CN2CCC(c3ccc(C)c(/C(CC(C)(C)CC)=C(/c4cccnc4C(C)OC)[C@H](C)CC)c3)C2)C(=O)N2CCCCN2)C2CCCC2)CCO1.CCC(F)(F)F.O=CC1CCC1. The van der Waals surface area contributed by atoms with Gasteiger partial charge in [-0.3, -0.25) is 29.3 Å². The molecule has 8 rings (SSSR count). The molecule has 15 heteroatoms. The van der Waals surface area contributed by atoms with E-state index in [0.29, 0.717) is 61.0 Å². The molecule has 2 aromatic rings. The van der Waals surface area contributed by atoms with Gasteiger partial charge in [-0.15, -0.1) is 0 Å². The summed E-state index contributed by atoms with van der Waals surface area (Å²) < 4.78 is 44.9. The van der Waals surface area contributed by atoms with Crippen molar-refractivity contribution in [1.29, 1.82) is 0 Å². The van der Waals surface area contributed by atoms with E-state index in [2.05, 4.69) is 141 Å². The molecule has 2 N–H and O–H groups in total. The van der Waals surface area contributed by atoms with Crippen molar-refractivity contribution in [2.45, 2.75) is 262 Å². The summed E-state index contributed by atoms with van der Waals surface area (Å²) in [6.45, 7) is 38.2. The zero-order valence-electron chi connectivity index (χ0n) is 58.9. The topological polar surface area (TPSA) is 133 Å². The summed E-state index contributed by atoms with van der Waals surface area (Å²) >= 11 is 0. The molecule has 3 aliphatic heterocycles. The molecule has 1 aromatic heterocycles. The fourth-order valence-electron chi connectivity index (χ4n) is 14.4. The Bertz CT molecular complexity index is 2550. The number of aryl methyl sites for hydroxylation is 1. The second-order valence-corrected chi connectivity index (χ2v) is 29.1. The maximum atomic E-state index is 15.0. The largest absolute Gasteiger partial charge is 0.388 e. The van der Waals surface area contributed by atoms with Crippen LogP contribution in [0.2, 0.25) is 0 Å². The third-order valence-corrected chi connectivity index (χ3v) is 21.4. The molecular weight excluding hydrogens is 1140 g/mol. The van der Waals surface area contributed by atoms with E-state index in [1.54, 1.807) is 19.0 Å². The summed E-state index contributed by atoms with van der Waals surface area (Å²) in [6, 6.07) is 10.6. The number of methoxy groups -OCH3 is 1. The lowest BCUT2D eigenvalue weighted by molar-refractivity contribution is -0.152. The first-order chi connectivity index (χ1) is 42.7. The Morgan fingerprint density at radius 3 is 2.07 bits per heavy atom. The number of pyridine rings is 1. The highest BCUT2D eigenvalue weighted by Gasteiger charge is 2.45. The number of Topliss-reactive ketones (excluding diaryl/α,β-unsaturated/α-hetero) is 1. The number of halogens is 3. The number of morpholine rings is 1. The van der Waals surface area contributed by atoms with Gasteiger partial charge in [0.1, 0.15) is 18.1 Å². The molecule has 8 unspecified atom stereocenters. The molecular formula is C75H123F3N6O6. The Labute approximate surface area is 543 Å². The van der Waals surface area contributed by atoms with Gasteiger partial charge in [-0.1, -0.05) is 139 Å². The summed E-state index contributed by atoms with van der Waals surface area (Å²) in [4.78, 5) is 60.4. The van der Waals surface area contributed by atoms with Crippen LogP contribution in [0, 0.1) is 59.7 Å². The predicted octanol–water partition coefficient (Wildman–Crippen LogP) is 16.6. The van der Waals surface area contributed by atoms with Crippen molar-refractivity contribution in [1.82, 2.24) is 30.5 Å². The van der Waals surface area contributed by atoms with Gasteiger partial charge in [-0.25, -0.2) is 5.43 Å². The number of aldehydes is 1. The maximum Gasteiger partial charge on any atom is 0.388 e. The first-order valence-corrected chi connectivity index (χ1v) is 35.5. The summed E-state index contributed by atoms with van der Waals surface area (Å²) in [6.07, 6.45) is 17.9. The minimum atomic E-state index is -3.96. The van der Waals surface area contributed by atoms with E-state index >= 15 is 4.79 Å². The molecule has 0 bridgehead atoms. The number of ketones is 1. The van der Waals surface area contributed by atoms with Gasteiger partial charge in [0.2, 0.25) is 5.91 Å². The van der Waals surface area contributed by atoms with Crippen molar-refractivity contribution in [2.75, 3.05) is 59.5 Å². The molecule has 6 fully saturated rings. The van der Waals surface area contributed by atoms with Gasteiger partial charge in [0.25, 0.3) is 5.91 Å². The fourth-order valence-corrected chi connectivity index (χ4v) is 14.4. The van der Waals surface area contributed by atoms with Crippen LogP contribution in [-0.2, 0) is 28.7 Å². The second-order valence-electron chi connectivity index (χ2n) is 29.1. The lowest BCUT2D eigenvalue weighted by Gasteiger charge is -2.47. The van der Waals surface area contributed by atoms with Gasteiger partial charge < -0.3 is 24.5 Å². The van der Waals surface area contributed by atoms with Crippen LogP contribution in [0.15, 0.2) is 36.5 Å². The number of allylic oxidation sites excluding steroid dienone is 2. The number of nitrogens with zero attached hydrogens (tertiary/aromatic N) is 4. The third kappa shape index (κ3) is 22.6. The highest BCUT2D eigenvalue weighted by Crippen LogP contribution is 2.47. The Morgan fingerprint density at radius 2 is 1.54 bits per heavy atom. The van der Waals surface area contributed by atoms with Gasteiger partial charge in [0.15, 0.2) is 0 Å². The second kappa shape index (κ2) is 36.6. The number of ether oxygens (including phenoxy) is 2. The van der Waals surface area contributed by atoms with Gasteiger partial charge in [-0.05, 0) is 192 Å². The van der Waals surface area contributed by atoms with E-state index in [0.717, 1.165) is 154 Å². The Morgan fingerprint density at radius 1 is 0.856 bits per heavy atom. The first kappa shape index (κ1) is 76.7. The number of nitrogens with one attached hydrogen (secondary N) is 2. The van der Waals surface area contributed by atoms with Crippen LogP contribution in [-0.4, -0.2) is 127 Å². The molecule has 3 saturated carbocycles. The van der Waals surface area contributed by atoms with Crippen LogP contribution >= 0.6 is 0 Å². The Balaban J connectivity index is 0.000000508. The molecule has 0 spiro atoms. The number of likely N-dealkylation sites (tertiary alicyclic amines) is 1. The monoisotopic (exact) mass is 1260 g/mol. The van der Waals surface area contributed by atoms with Crippen LogP contribution in [0.4, 0.5) is 13.2 Å². The van der Waals surface area contributed by atoms with E-state index in [9.17, 15) is 27.6 Å². The number of aromatic nitrogens is 1. The molecule has 90 heavy (non-hydrogen) atoms. The zero-order chi connectivity index (χ0) is 66.5. The van der Waals surface area contributed by atoms with Gasteiger partial charge >= 0.3 is 6.18 Å². The molecule has 3 saturated heterocycles. The number of hydrogen-bond donors (Lipinski definition) is 2.